The number of nitrogens with zero attached hydrogens (tertiary/aromatic N) is 1. The lowest BCUT2D eigenvalue weighted by molar-refractivity contribution is -0.384. The van der Waals surface area contributed by atoms with E-state index in [0.717, 1.165) is 0 Å². The molecule has 0 fully saturated rings. The Hall–Kier alpha value is -1.82. The molecule has 0 amide bonds. The van der Waals surface area contributed by atoms with E-state index >= 15 is 0 Å². The number of carbonyl (C=O) groups is 1. The number of carboxylic acid groups (broad SMARTS) is 1. The Morgan fingerprint density at radius 2 is 2.29 bits per heavy atom. The summed E-state index contributed by atoms with van der Waals surface area (Å²) in [5.74, 6) is -0.681. The van der Waals surface area contributed by atoms with Crippen LogP contribution in [0.15, 0.2) is 18.2 Å². The first-order valence-corrected chi connectivity index (χ1v) is 5.10. The van der Waals surface area contributed by atoms with E-state index in [1.165, 1.54) is 18.2 Å². The molecule has 7 heteroatoms. The van der Waals surface area contributed by atoms with Gasteiger partial charge in [0.15, 0.2) is 0 Å². The summed E-state index contributed by atoms with van der Waals surface area (Å²) in [4.78, 5) is 20.3. The van der Waals surface area contributed by atoms with Gasteiger partial charge in [-0.1, -0.05) is 11.6 Å². The minimum absolute atomic E-state index is 0.0463. The average molecular weight is 260 g/mol. The largest absolute Gasteiger partial charge is 0.490 e. The van der Waals surface area contributed by atoms with Gasteiger partial charge in [-0.05, 0) is 13.0 Å². The summed E-state index contributed by atoms with van der Waals surface area (Å²) in [5, 5.41) is 19.0. The molecule has 0 saturated carbocycles. The smallest absolute Gasteiger partial charge is 0.307 e. The zero-order chi connectivity index (χ0) is 13.0. The van der Waals surface area contributed by atoms with Crippen LogP contribution in [0.3, 0.4) is 0 Å². The molecule has 6 nitrogen and oxygen atoms in total. The van der Waals surface area contributed by atoms with Gasteiger partial charge in [-0.3, -0.25) is 14.9 Å². The van der Waals surface area contributed by atoms with Crippen molar-refractivity contribution in [2.45, 2.75) is 19.4 Å². The molecular formula is C10H10ClNO5. The van der Waals surface area contributed by atoms with Crippen LogP contribution < -0.4 is 4.74 Å². The molecule has 0 radical (unpaired) electrons. The van der Waals surface area contributed by atoms with Gasteiger partial charge < -0.3 is 9.84 Å². The van der Waals surface area contributed by atoms with Gasteiger partial charge in [0.05, 0.1) is 11.3 Å². The third-order valence-electron chi connectivity index (χ3n) is 1.92. The molecule has 1 N–H and O–H groups in total. The van der Waals surface area contributed by atoms with E-state index in [4.69, 9.17) is 21.4 Å². The quantitative estimate of drug-likeness (QED) is 0.648. The highest BCUT2D eigenvalue weighted by Crippen LogP contribution is 2.28. The first kappa shape index (κ1) is 13.2. The lowest BCUT2D eigenvalue weighted by Gasteiger charge is -2.12. The summed E-state index contributed by atoms with van der Waals surface area (Å²) in [6, 6.07) is 3.88. The SMILES string of the molecule is C[C@@H](CC(=O)O)Oc1ccc([N+](=O)[O-])c(Cl)c1. The molecule has 0 spiro atoms. The number of halogens is 1. The summed E-state index contributed by atoms with van der Waals surface area (Å²) in [7, 11) is 0. The minimum Gasteiger partial charge on any atom is -0.490 e. The number of nitro groups is 1. The van der Waals surface area contributed by atoms with Gasteiger partial charge in [-0.15, -0.1) is 0 Å². The monoisotopic (exact) mass is 259 g/mol. The summed E-state index contributed by atoms with van der Waals surface area (Å²) >= 11 is 5.68. The van der Waals surface area contributed by atoms with E-state index in [1.807, 2.05) is 0 Å². The van der Waals surface area contributed by atoms with Gasteiger partial charge in [0, 0.05) is 12.1 Å². The maximum atomic E-state index is 10.5. The summed E-state index contributed by atoms with van der Waals surface area (Å²) in [6.07, 6.45) is -0.695. The molecule has 0 aromatic heterocycles. The van der Waals surface area contributed by atoms with E-state index in [9.17, 15) is 14.9 Å². The molecule has 1 rings (SSSR count). The van der Waals surface area contributed by atoms with Gasteiger partial charge >= 0.3 is 5.97 Å². The van der Waals surface area contributed by atoms with Crippen LogP contribution in [0.25, 0.3) is 0 Å². The molecule has 92 valence electrons. The summed E-state index contributed by atoms with van der Waals surface area (Å²) in [6.45, 7) is 1.59. The topological polar surface area (TPSA) is 89.7 Å². The van der Waals surface area contributed by atoms with Gasteiger partial charge in [-0.25, -0.2) is 0 Å². The fraction of sp³-hybridized carbons (Fsp3) is 0.300. The minimum atomic E-state index is -0.981. The van der Waals surface area contributed by atoms with Crippen molar-refractivity contribution in [2.24, 2.45) is 0 Å². The van der Waals surface area contributed by atoms with E-state index in [1.54, 1.807) is 6.92 Å². The van der Waals surface area contributed by atoms with Gasteiger partial charge in [0.1, 0.15) is 16.9 Å². The van der Waals surface area contributed by atoms with E-state index in [-0.39, 0.29) is 17.1 Å². The second-order valence-electron chi connectivity index (χ2n) is 3.40. The van der Waals surface area contributed by atoms with Crippen molar-refractivity contribution in [3.05, 3.63) is 33.3 Å². The molecule has 1 atom stereocenters. The van der Waals surface area contributed by atoms with Crippen LogP contribution >= 0.6 is 11.6 Å². The number of nitro benzene ring substituents is 1. The van der Waals surface area contributed by atoms with Crippen molar-refractivity contribution in [2.75, 3.05) is 0 Å². The highest BCUT2D eigenvalue weighted by atomic mass is 35.5. The standard InChI is InChI=1S/C10H10ClNO5/c1-6(4-10(13)14)17-7-2-3-9(12(15)16)8(11)5-7/h2-3,5-6H,4H2,1H3,(H,13,14)/t6-/m0/s1. The molecule has 0 unspecified atom stereocenters. The van der Waals surface area contributed by atoms with Crippen molar-refractivity contribution in [3.63, 3.8) is 0 Å². The molecule has 0 bridgehead atoms. The lowest BCUT2D eigenvalue weighted by Crippen LogP contribution is -2.16. The molecule has 0 heterocycles. The molecule has 0 aliphatic carbocycles. The zero-order valence-corrected chi connectivity index (χ0v) is 9.68. The Morgan fingerprint density at radius 3 is 2.76 bits per heavy atom. The van der Waals surface area contributed by atoms with Crippen molar-refractivity contribution in [3.8, 4) is 5.75 Å². The number of aliphatic carboxylic acids is 1. The third kappa shape index (κ3) is 3.92. The van der Waals surface area contributed by atoms with Crippen molar-refractivity contribution in [1.29, 1.82) is 0 Å². The van der Waals surface area contributed by atoms with Crippen LogP contribution in [0, 0.1) is 10.1 Å². The predicted molar refractivity (Wildman–Crippen MR) is 60.4 cm³/mol. The molecule has 0 aliphatic heterocycles. The number of ether oxygens (including phenoxy) is 1. The number of hydrogen-bond donors (Lipinski definition) is 1. The van der Waals surface area contributed by atoms with Crippen LogP contribution in [-0.4, -0.2) is 22.1 Å². The molecule has 17 heavy (non-hydrogen) atoms. The highest BCUT2D eigenvalue weighted by Gasteiger charge is 2.14. The van der Waals surface area contributed by atoms with Crippen molar-refractivity contribution < 1.29 is 19.6 Å². The van der Waals surface area contributed by atoms with Crippen LogP contribution in [0.2, 0.25) is 5.02 Å². The molecule has 0 aliphatic rings. The first-order valence-electron chi connectivity index (χ1n) is 4.72. The maximum Gasteiger partial charge on any atom is 0.307 e. The Bertz CT molecular complexity index is 448. The van der Waals surface area contributed by atoms with E-state index in [0.29, 0.717) is 5.75 Å². The van der Waals surface area contributed by atoms with Crippen molar-refractivity contribution >= 4 is 23.3 Å². The maximum absolute atomic E-state index is 10.5. The average Bonchev–Trinajstić information content (AvgIpc) is 2.15. The van der Waals surface area contributed by atoms with E-state index < -0.39 is 17.0 Å². The first-order chi connectivity index (χ1) is 7.90. The van der Waals surface area contributed by atoms with Gasteiger partial charge in [-0.2, -0.15) is 0 Å². The second kappa shape index (κ2) is 5.49. The zero-order valence-electron chi connectivity index (χ0n) is 8.92. The molecule has 1 aromatic rings. The third-order valence-corrected chi connectivity index (χ3v) is 2.22. The van der Waals surface area contributed by atoms with Crippen LogP contribution in [-0.2, 0) is 4.79 Å². The normalized spacial score (nSPS) is 11.9. The number of hydrogen-bond acceptors (Lipinski definition) is 4. The van der Waals surface area contributed by atoms with Gasteiger partial charge in [0.25, 0.3) is 5.69 Å². The molecule has 1 aromatic carbocycles. The molecule has 0 saturated heterocycles. The second-order valence-corrected chi connectivity index (χ2v) is 3.80. The molecular weight excluding hydrogens is 250 g/mol. The lowest BCUT2D eigenvalue weighted by atomic mass is 10.2. The number of carboxylic acids is 1. The number of rotatable bonds is 5. The fourth-order valence-corrected chi connectivity index (χ4v) is 1.47. The summed E-state index contributed by atoms with van der Waals surface area (Å²) < 4.78 is 5.25. The highest BCUT2D eigenvalue weighted by molar-refractivity contribution is 6.32. The van der Waals surface area contributed by atoms with Crippen LogP contribution in [0.4, 0.5) is 5.69 Å². The summed E-state index contributed by atoms with van der Waals surface area (Å²) in [5.41, 5.74) is -0.218. The Morgan fingerprint density at radius 1 is 1.65 bits per heavy atom. The Labute approximate surface area is 102 Å². The van der Waals surface area contributed by atoms with Crippen molar-refractivity contribution in [1.82, 2.24) is 0 Å². The van der Waals surface area contributed by atoms with E-state index in [2.05, 4.69) is 0 Å². The van der Waals surface area contributed by atoms with Gasteiger partial charge in [0.2, 0.25) is 0 Å². The van der Waals surface area contributed by atoms with Crippen LogP contribution in [0.5, 0.6) is 5.75 Å². The fourth-order valence-electron chi connectivity index (χ4n) is 1.23. The predicted octanol–water partition coefficient (Wildman–Crippen LogP) is 2.49. The number of benzene rings is 1. The van der Waals surface area contributed by atoms with Crippen LogP contribution in [0.1, 0.15) is 13.3 Å². The Balaban J connectivity index is 2.77. The Kier molecular flexibility index (Phi) is 4.28.